The van der Waals surface area contributed by atoms with Gasteiger partial charge in [-0.05, 0) is 28.4 Å². The molecule has 0 saturated carbocycles. The van der Waals surface area contributed by atoms with E-state index in [1.165, 1.54) is 32.1 Å². The number of rotatable bonds is 11. The van der Waals surface area contributed by atoms with Gasteiger partial charge in [-0.25, -0.2) is 4.98 Å². The Balaban J connectivity index is 2.35. The number of aromatic nitrogens is 1. The van der Waals surface area contributed by atoms with Gasteiger partial charge in [0.2, 0.25) is 5.88 Å². The highest BCUT2D eigenvalue weighted by molar-refractivity contribution is 9.10. The summed E-state index contributed by atoms with van der Waals surface area (Å²) >= 11 is 3.47. The van der Waals surface area contributed by atoms with Gasteiger partial charge in [0.25, 0.3) is 0 Å². The van der Waals surface area contributed by atoms with Crippen molar-refractivity contribution in [3.8, 4) is 5.88 Å². The van der Waals surface area contributed by atoms with Crippen LogP contribution >= 0.6 is 15.9 Å². The van der Waals surface area contributed by atoms with Gasteiger partial charge in [-0.15, -0.1) is 0 Å². The lowest BCUT2D eigenvalue weighted by molar-refractivity contribution is 0.289. The molecular weight excluding hydrogens is 328 g/mol. The van der Waals surface area contributed by atoms with Gasteiger partial charge in [0.15, 0.2) is 0 Å². The van der Waals surface area contributed by atoms with Gasteiger partial charge in [0.05, 0.1) is 6.61 Å². The summed E-state index contributed by atoms with van der Waals surface area (Å²) < 4.78 is 6.85. The molecule has 3 nitrogen and oxygen atoms in total. The zero-order chi connectivity index (χ0) is 15.5. The fourth-order valence-corrected chi connectivity index (χ4v) is 2.47. The van der Waals surface area contributed by atoms with Crippen molar-refractivity contribution in [1.29, 1.82) is 0 Å². The minimum Gasteiger partial charge on any atom is -0.477 e. The van der Waals surface area contributed by atoms with Crippen LogP contribution in [0.4, 0.5) is 0 Å². The molecule has 1 rings (SSSR count). The standard InChI is InChI=1S/C17H29BrN2O/c1-4-5-6-7-8-9-10-21-17-15(12-19-14(2)3)11-16(18)13-20-17/h11,13-14,19H,4-10,12H2,1-3H3. The molecule has 0 bridgehead atoms. The van der Waals surface area contributed by atoms with Crippen molar-refractivity contribution in [2.24, 2.45) is 0 Å². The molecule has 0 amide bonds. The minimum atomic E-state index is 0.454. The quantitative estimate of drug-likeness (QED) is 0.561. The summed E-state index contributed by atoms with van der Waals surface area (Å²) in [5, 5.41) is 3.41. The van der Waals surface area contributed by atoms with Crippen LogP contribution in [-0.4, -0.2) is 17.6 Å². The van der Waals surface area contributed by atoms with Gasteiger partial charge in [-0.1, -0.05) is 52.9 Å². The Kier molecular flexibility index (Phi) is 9.68. The molecule has 0 saturated heterocycles. The third kappa shape index (κ3) is 8.42. The maximum Gasteiger partial charge on any atom is 0.217 e. The number of nitrogens with zero attached hydrogens (tertiary/aromatic N) is 1. The molecule has 0 aliphatic heterocycles. The first-order chi connectivity index (χ1) is 10.1. The SMILES string of the molecule is CCCCCCCCOc1ncc(Br)cc1CNC(C)C. The minimum absolute atomic E-state index is 0.454. The second-order valence-electron chi connectivity index (χ2n) is 5.77. The average Bonchev–Trinajstić information content (AvgIpc) is 2.45. The first kappa shape index (κ1) is 18.4. The highest BCUT2D eigenvalue weighted by Crippen LogP contribution is 2.20. The molecule has 1 heterocycles. The first-order valence-corrected chi connectivity index (χ1v) is 8.93. The van der Waals surface area contributed by atoms with E-state index in [0.29, 0.717) is 6.04 Å². The van der Waals surface area contributed by atoms with E-state index in [1.54, 1.807) is 6.20 Å². The summed E-state index contributed by atoms with van der Waals surface area (Å²) in [5.74, 6) is 0.764. The normalized spacial score (nSPS) is 11.1. The van der Waals surface area contributed by atoms with Crippen LogP contribution in [0, 0.1) is 0 Å². The van der Waals surface area contributed by atoms with Crippen molar-refractivity contribution >= 4 is 15.9 Å². The van der Waals surface area contributed by atoms with E-state index in [1.807, 2.05) is 0 Å². The van der Waals surface area contributed by atoms with Crippen molar-refractivity contribution in [3.05, 3.63) is 22.3 Å². The molecule has 0 fully saturated rings. The van der Waals surface area contributed by atoms with E-state index in [0.717, 1.165) is 35.5 Å². The Morgan fingerprint density at radius 3 is 2.62 bits per heavy atom. The van der Waals surface area contributed by atoms with E-state index < -0.39 is 0 Å². The van der Waals surface area contributed by atoms with Crippen LogP contribution in [0.5, 0.6) is 5.88 Å². The Morgan fingerprint density at radius 2 is 1.90 bits per heavy atom. The number of nitrogens with one attached hydrogen (secondary N) is 1. The van der Waals surface area contributed by atoms with Gasteiger partial charge < -0.3 is 10.1 Å². The van der Waals surface area contributed by atoms with Crippen LogP contribution in [0.1, 0.15) is 64.9 Å². The van der Waals surface area contributed by atoms with Crippen molar-refractivity contribution in [3.63, 3.8) is 0 Å². The molecule has 0 aliphatic carbocycles. The molecule has 0 spiro atoms. The summed E-state index contributed by atoms with van der Waals surface area (Å²) in [6, 6.07) is 2.54. The third-order valence-corrected chi connectivity index (χ3v) is 3.76. The van der Waals surface area contributed by atoms with Crippen LogP contribution in [0.25, 0.3) is 0 Å². The monoisotopic (exact) mass is 356 g/mol. The summed E-state index contributed by atoms with van der Waals surface area (Å²) in [6.45, 7) is 8.07. The highest BCUT2D eigenvalue weighted by atomic mass is 79.9. The van der Waals surface area contributed by atoms with Gasteiger partial charge >= 0.3 is 0 Å². The molecule has 1 aromatic heterocycles. The first-order valence-electron chi connectivity index (χ1n) is 8.14. The fraction of sp³-hybridized carbons (Fsp3) is 0.706. The number of pyridine rings is 1. The van der Waals surface area contributed by atoms with Gasteiger partial charge in [-0.2, -0.15) is 0 Å². The maximum atomic E-state index is 5.86. The molecular formula is C17H29BrN2O. The lowest BCUT2D eigenvalue weighted by atomic mass is 10.1. The predicted octanol–water partition coefficient (Wildman–Crippen LogP) is 5.08. The molecule has 0 aliphatic rings. The van der Waals surface area contributed by atoms with Crippen molar-refractivity contribution in [2.45, 2.75) is 71.9 Å². The summed E-state index contributed by atoms with van der Waals surface area (Å²) in [4.78, 5) is 4.39. The molecule has 1 N–H and O–H groups in total. The Labute approximate surface area is 138 Å². The lowest BCUT2D eigenvalue weighted by Crippen LogP contribution is -2.22. The van der Waals surface area contributed by atoms with E-state index in [4.69, 9.17) is 4.74 Å². The van der Waals surface area contributed by atoms with Gasteiger partial charge in [0.1, 0.15) is 0 Å². The van der Waals surface area contributed by atoms with Crippen LogP contribution < -0.4 is 10.1 Å². The Bertz CT molecular complexity index is 396. The molecule has 0 unspecified atom stereocenters. The molecule has 0 aromatic carbocycles. The summed E-state index contributed by atoms with van der Waals surface area (Å²) in [5.41, 5.74) is 1.11. The van der Waals surface area contributed by atoms with E-state index in [2.05, 4.69) is 53.1 Å². The summed E-state index contributed by atoms with van der Waals surface area (Å²) in [7, 11) is 0. The number of unbranched alkanes of at least 4 members (excludes halogenated alkanes) is 5. The molecule has 120 valence electrons. The van der Waals surface area contributed by atoms with E-state index >= 15 is 0 Å². The number of hydrogen-bond donors (Lipinski definition) is 1. The largest absolute Gasteiger partial charge is 0.477 e. The number of halogens is 1. The van der Waals surface area contributed by atoms with Crippen LogP contribution in [-0.2, 0) is 6.54 Å². The maximum absolute atomic E-state index is 5.86. The number of hydrogen-bond acceptors (Lipinski definition) is 3. The topological polar surface area (TPSA) is 34.1 Å². The van der Waals surface area contributed by atoms with Gasteiger partial charge in [-0.3, -0.25) is 0 Å². The molecule has 21 heavy (non-hydrogen) atoms. The fourth-order valence-electron chi connectivity index (χ4n) is 2.09. The van der Waals surface area contributed by atoms with E-state index in [-0.39, 0.29) is 0 Å². The molecule has 0 radical (unpaired) electrons. The Hall–Kier alpha value is -0.610. The second-order valence-corrected chi connectivity index (χ2v) is 6.69. The van der Waals surface area contributed by atoms with Crippen LogP contribution in [0.15, 0.2) is 16.7 Å². The van der Waals surface area contributed by atoms with E-state index in [9.17, 15) is 0 Å². The van der Waals surface area contributed by atoms with Crippen LogP contribution in [0.3, 0.4) is 0 Å². The predicted molar refractivity (Wildman–Crippen MR) is 92.8 cm³/mol. The highest BCUT2D eigenvalue weighted by Gasteiger charge is 2.07. The molecule has 1 aromatic rings. The Morgan fingerprint density at radius 1 is 1.19 bits per heavy atom. The third-order valence-electron chi connectivity index (χ3n) is 3.33. The van der Waals surface area contributed by atoms with Gasteiger partial charge in [0, 0.05) is 28.8 Å². The zero-order valence-corrected chi connectivity index (χ0v) is 15.2. The van der Waals surface area contributed by atoms with Crippen LogP contribution in [0.2, 0.25) is 0 Å². The average molecular weight is 357 g/mol. The van der Waals surface area contributed by atoms with Crippen molar-refractivity contribution in [1.82, 2.24) is 10.3 Å². The smallest absolute Gasteiger partial charge is 0.217 e. The second kappa shape index (κ2) is 11.0. The zero-order valence-electron chi connectivity index (χ0n) is 13.6. The molecule has 0 atom stereocenters. The molecule has 4 heteroatoms. The summed E-state index contributed by atoms with van der Waals surface area (Å²) in [6.07, 6.45) is 9.46. The number of ether oxygens (including phenoxy) is 1. The lowest BCUT2D eigenvalue weighted by Gasteiger charge is -2.13. The van der Waals surface area contributed by atoms with Crippen molar-refractivity contribution < 1.29 is 4.74 Å². The van der Waals surface area contributed by atoms with Crippen molar-refractivity contribution in [2.75, 3.05) is 6.61 Å².